The minimum atomic E-state index is 0.0811. The number of nitrogens with zero attached hydrogens (tertiary/aromatic N) is 3. The van der Waals surface area contributed by atoms with E-state index in [9.17, 15) is 4.79 Å². The molecule has 0 radical (unpaired) electrons. The third-order valence-corrected chi connectivity index (χ3v) is 3.80. The van der Waals surface area contributed by atoms with E-state index in [-0.39, 0.29) is 5.91 Å². The van der Waals surface area contributed by atoms with Crippen molar-refractivity contribution < 1.29 is 4.79 Å². The molecule has 0 spiro atoms. The Bertz CT molecular complexity index is 563. The number of likely N-dealkylation sites (tertiary alicyclic amines) is 1. The predicted octanol–water partition coefficient (Wildman–Crippen LogP) is 2.50. The lowest BCUT2D eigenvalue weighted by atomic mass is 9.93. The minimum absolute atomic E-state index is 0.0811. The Morgan fingerprint density at radius 3 is 2.60 bits per heavy atom. The van der Waals surface area contributed by atoms with Gasteiger partial charge in [-0.1, -0.05) is 6.07 Å². The third kappa shape index (κ3) is 2.69. The smallest absolute Gasteiger partial charge is 0.255 e. The molecule has 0 atom stereocenters. The summed E-state index contributed by atoms with van der Waals surface area (Å²) in [5.74, 6) is 0.548. The Morgan fingerprint density at radius 1 is 1.10 bits per heavy atom. The molecule has 2 aromatic heterocycles. The molecule has 1 aliphatic rings. The van der Waals surface area contributed by atoms with Gasteiger partial charge in [-0.15, -0.1) is 0 Å². The van der Waals surface area contributed by atoms with Crippen LogP contribution in [0, 0.1) is 0 Å². The molecule has 2 aromatic rings. The van der Waals surface area contributed by atoms with Gasteiger partial charge in [0.1, 0.15) is 0 Å². The van der Waals surface area contributed by atoms with Crippen molar-refractivity contribution in [1.82, 2.24) is 14.9 Å². The molecule has 1 aliphatic heterocycles. The summed E-state index contributed by atoms with van der Waals surface area (Å²) in [6.45, 7) is 1.57. The quantitative estimate of drug-likeness (QED) is 0.840. The molecule has 1 saturated heterocycles. The maximum Gasteiger partial charge on any atom is 0.255 e. The molecule has 0 aliphatic carbocycles. The molecule has 0 bridgehead atoms. The Kier molecular flexibility index (Phi) is 3.72. The summed E-state index contributed by atoms with van der Waals surface area (Å²) in [6, 6.07) is 9.65. The number of carbonyl (C=O) groups is 1. The van der Waals surface area contributed by atoms with Gasteiger partial charge in [0.25, 0.3) is 5.91 Å². The van der Waals surface area contributed by atoms with E-state index in [1.165, 1.54) is 0 Å². The Labute approximate surface area is 118 Å². The summed E-state index contributed by atoms with van der Waals surface area (Å²) >= 11 is 0. The molecule has 0 saturated carbocycles. The van der Waals surface area contributed by atoms with Gasteiger partial charge in [0.05, 0.1) is 5.56 Å². The second-order valence-electron chi connectivity index (χ2n) is 5.06. The van der Waals surface area contributed by atoms with Crippen molar-refractivity contribution in [2.45, 2.75) is 18.8 Å². The number of hydrogen-bond donors (Lipinski definition) is 0. The summed E-state index contributed by atoms with van der Waals surface area (Å²) < 4.78 is 0. The summed E-state index contributed by atoms with van der Waals surface area (Å²) in [7, 11) is 0. The van der Waals surface area contributed by atoms with Crippen LogP contribution < -0.4 is 0 Å². The molecule has 1 amide bonds. The topological polar surface area (TPSA) is 46.1 Å². The standard InChI is InChI=1S/C16H17N3O/c20-16(14-4-3-8-17-12-14)19-10-6-13(7-11-19)15-5-1-2-9-18-15/h1-5,8-9,12-13H,6-7,10-11H2. The molecular weight excluding hydrogens is 250 g/mol. The average Bonchev–Trinajstić information content (AvgIpc) is 2.56. The van der Waals surface area contributed by atoms with E-state index in [0.717, 1.165) is 31.6 Å². The molecule has 0 aromatic carbocycles. The van der Waals surface area contributed by atoms with Crippen molar-refractivity contribution in [2.75, 3.05) is 13.1 Å². The Hall–Kier alpha value is -2.23. The lowest BCUT2D eigenvalue weighted by molar-refractivity contribution is 0.0711. The van der Waals surface area contributed by atoms with Gasteiger partial charge >= 0.3 is 0 Å². The summed E-state index contributed by atoms with van der Waals surface area (Å²) in [5.41, 5.74) is 1.81. The second kappa shape index (κ2) is 5.82. The van der Waals surface area contributed by atoms with Crippen molar-refractivity contribution >= 4 is 5.91 Å². The molecule has 0 unspecified atom stereocenters. The van der Waals surface area contributed by atoms with Crippen molar-refractivity contribution in [3.05, 3.63) is 60.2 Å². The van der Waals surface area contributed by atoms with Crippen LogP contribution in [0.3, 0.4) is 0 Å². The maximum absolute atomic E-state index is 12.3. The number of amides is 1. The lowest BCUT2D eigenvalue weighted by Crippen LogP contribution is -2.38. The molecule has 4 nitrogen and oxygen atoms in total. The monoisotopic (exact) mass is 267 g/mol. The van der Waals surface area contributed by atoms with Crippen molar-refractivity contribution in [3.63, 3.8) is 0 Å². The van der Waals surface area contributed by atoms with Crippen LogP contribution in [0.5, 0.6) is 0 Å². The van der Waals surface area contributed by atoms with Crippen molar-refractivity contribution in [3.8, 4) is 0 Å². The molecule has 20 heavy (non-hydrogen) atoms. The first-order valence-electron chi connectivity index (χ1n) is 6.95. The van der Waals surface area contributed by atoms with Crippen LogP contribution in [0.2, 0.25) is 0 Å². The van der Waals surface area contributed by atoms with Crippen LogP contribution in [0.1, 0.15) is 34.8 Å². The fourth-order valence-corrected chi connectivity index (χ4v) is 2.67. The van der Waals surface area contributed by atoms with Gasteiger partial charge in [-0.25, -0.2) is 0 Å². The van der Waals surface area contributed by atoms with Crippen LogP contribution in [0.25, 0.3) is 0 Å². The zero-order valence-corrected chi connectivity index (χ0v) is 11.3. The predicted molar refractivity (Wildman–Crippen MR) is 76.4 cm³/mol. The van der Waals surface area contributed by atoms with E-state index >= 15 is 0 Å². The average molecular weight is 267 g/mol. The number of rotatable bonds is 2. The zero-order chi connectivity index (χ0) is 13.8. The van der Waals surface area contributed by atoms with Gasteiger partial charge in [0.2, 0.25) is 0 Å². The number of carbonyl (C=O) groups excluding carboxylic acids is 1. The Morgan fingerprint density at radius 2 is 1.95 bits per heavy atom. The highest BCUT2D eigenvalue weighted by Gasteiger charge is 2.25. The fourth-order valence-electron chi connectivity index (χ4n) is 2.67. The number of aromatic nitrogens is 2. The normalized spacial score (nSPS) is 16.1. The van der Waals surface area contributed by atoms with E-state index in [1.54, 1.807) is 18.5 Å². The first-order chi connectivity index (χ1) is 9.84. The molecular formula is C16H17N3O. The first kappa shape index (κ1) is 12.8. The molecule has 1 fully saturated rings. The van der Waals surface area contributed by atoms with Crippen molar-refractivity contribution in [2.24, 2.45) is 0 Å². The fraction of sp³-hybridized carbons (Fsp3) is 0.312. The van der Waals surface area contributed by atoms with Crippen LogP contribution in [0.4, 0.5) is 0 Å². The second-order valence-corrected chi connectivity index (χ2v) is 5.06. The Balaban J connectivity index is 1.63. The van der Waals surface area contributed by atoms with Crippen LogP contribution >= 0.6 is 0 Å². The largest absolute Gasteiger partial charge is 0.339 e. The van der Waals surface area contributed by atoms with Gasteiger partial charge in [0.15, 0.2) is 0 Å². The molecule has 3 heterocycles. The number of piperidine rings is 1. The van der Waals surface area contributed by atoms with E-state index < -0.39 is 0 Å². The maximum atomic E-state index is 12.3. The van der Waals surface area contributed by atoms with Gasteiger partial charge in [-0.2, -0.15) is 0 Å². The summed E-state index contributed by atoms with van der Waals surface area (Å²) in [6.07, 6.45) is 7.10. The van der Waals surface area contributed by atoms with Gasteiger partial charge in [0, 0.05) is 43.3 Å². The lowest BCUT2D eigenvalue weighted by Gasteiger charge is -2.31. The highest BCUT2D eigenvalue weighted by Crippen LogP contribution is 2.26. The van der Waals surface area contributed by atoms with Crippen LogP contribution in [-0.2, 0) is 0 Å². The van der Waals surface area contributed by atoms with E-state index in [1.807, 2.05) is 29.3 Å². The van der Waals surface area contributed by atoms with Crippen LogP contribution in [-0.4, -0.2) is 33.9 Å². The zero-order valence-electron chi connectivity index (χ0n) is 11.3. The summed E-state index contributed by atoms with van der Waals surface area (Å²) in [5, 5.41) is 0. The van der Waals surface area contributed by atoms with Crippen LogP contribution in [0.15, 0.2) is 48.9 Å². The minimum Gasteiger partial charge on any atom is -0.339 e. The van der Waals surface area contributed by atoms with Gasteiger partial charge in [-0.3, -0.25) is 14.8 Å². The highest BCUT2D eigenvalue weighted by molar-refractivity contribution is 5.93. The number of pyridine rings is 2. The summed E-state index contributed by atoms with van der Waals surface area (Å²) in [4.78, 5) is 22.6. The molecule has 4 heteroatoms. The highest BCUT2D eigenvalue weighted by atomic mass is 16.2. The first-order valence-corrected chi connectivity index (χ1v) is 6.95. The van der Waals surface area contributed by atoms with E-state index in [4.69, 9.17) is 0 Å². The van der Waals surface area contributed by atoms with E-state index in [2.05, 4.69) is 16.0 Å². The SMILES string of the molecule is O=C(c1cccnc1)N1CCC(c2ccccn2)CC1. The van der Waals surface area contributed by atoms with Crippen molar-refractivity contribution in [1.29, 1.82) is 0 Å². The van der Waals surface area contributed by atoms with Gasteiger partial charge in [-0.05, 0) is 37.1 Å². The van der Waals surface area contributed by atoms with Gasteiger partial charge < -0.3 is 4.90 Å². The number of hydrogen-bond acceptors (Lipinski definition) is 3. The molecule has 3 rings (SSSR count). The molecule has 102 valence electrons. The third-order valence-electron chi connectivity index (χ3n) is 3.80. The van der Waals surface area contributed by atoms with E-state index in [0.29, 0.717) is 11.5 Å². The molecule has 0 N–H and O–H groups in total.